The van der Waals surface area contributed by atoms with Gasteiger partial charge in [0.05, 0.1) is 11.5 Å². The van der Waals surface area contributed by atoms with E-state index in [1.807, 2.05) is 11.9 Å². The highest BCUT2D eigenvalue weighted by Crippen LogP contribution is 2.19. The van der Waals surface area contributed by atoms with Gasteiger partial charge in [-0.3, -0.25) is 0 Å². The fourth-order valence-electron chi connectivity index (χ4n) is 1.88. The van der Waals surface area contributed by atoms with Gasteiger partial charge in [-0.2, -0.15) is 0 Å². The van der Waals surface area contributed by atoms with Crippen molar-refractivity contribution in [3.05, 3.63) is 18.0 Å². The van der Waals surface area contributed by atoms with E-state index in [0.717, 1.165) is 5.56 Å². The summed E-state index contributed by atoms with van der Waals surface area (Å²) in [6.07, 6.45) is 3.98. The number of sulfone groups is 1. The molecule has 1 atom stereocenters. The van der Waals surface area contributed by atoms with Gasteiger partial charge in [0.2, 0.25) is 5.95 Å². The third-order valence-electron chi connectivity index (χ3n) is 3.00. The van der Waals surface area contributed by atoms with Crippen LogP contribution >= 0.6 is 0 Å². The number of hydrogen-bond acceptors (Lipinski definition) is 6. The van der Waals surface area contributed by atoms with Crippen molar-refractivity contribution in [3.63, 3.8) is 0 Å². The van der Waals surface area contributed by atoms with E-state index in [1.165, 1.54) is 0 Å². The SMILES string of the molecule is CN(c1ncc(CN)cn1)C1CCS(=O)(=O)C1. The van der Waals surface area contributed by atoms with Crippen LogP contribution in [-0.2, 0) is 16.4 Å². The maximum atomic E-state index is 11.4. The number of hydrogen-bond donors (Lipinski definition) is 1. The van der Waals surface area contributed by atoms with E-state index >= 15 is 0 Å². The molecular formula is C10H16N4O2S. The summed E-state index contributed by atoms with van der Waals surface area (Å²) in [6.45, 7) is 0.405. The summed E-state index contributed by atoms with van der Waals surface area (Å²) < 4.78 is 22.8. The quantitative estimate of drug-likeness (QED) is 0.788. The van der Waals surface area contributed by atoms with Gasteiger partial charge in [0.1, 0.15) is 0 Å². The number of nitrogens with two attached hydrogens (primary N) is 1. The van der Waals surface area contributed by atoms with Gasteiger partial charge in [-0.1, -0.05) is 0 Å². The third kappa shape index (κ3) is 2.73. The van der Waals surface area contributed by atoms with E-state index < -0.39 is 9.84 Å². The first-order chi connectivity index (χ1) is 8.02. The van der Waals surface area contributed by atoms with Gasteiger partial charge in [-0.15, -0.1) is 0 Å². The van der Waals surface area contributed by atoms with Crippen LogP contribution in [0.4, 0.5) is 5.95 Å². The predicted octanol–water partition coefficient (Wildman–Crippen LogP) is -0.441. The Morgan fingerprint density at radius 1 is 1.47 bits per heavy atom. The molecule has 1 aliphatic heterocycles. The van der Waals surface area contributed by atoms with Gasteiger partial charge in [0, 0.05) is 37.6 Å². The fraction of sp³-hybridized carbons (Fsp3) is 0.600. The van der Waals surface area contributed by atoms with Gasteiger partial charge in [0.15, 0.2) is 9.84 Å². The van der Waals surface area contributed by atoms with Crippen molar-refractivity contribution in [1.29, 1.82) is 0 Å². The number of anilines is 1. The zero-order valence-electron chi connectivity index (χ0n) is 9.70. The molecule has 0 aromatic carbocycles. The zero-order chi connectivity index (χ0) is 12.5. The Bertz CT molecular complexity index is 486. The Morgan fingerprint density at radius 2 is 2.12 bits per heavy atom. The lowest BCUT2D eigenvalue weighted by Crippen LogP contribution is -2.33. The van der Waals surface area contributed by atoms with Crippen LogP contribution in [0.5, 0.6) is 0 Å². The molecule has 2 heterocycles. The highest BCUT2D eigenvalue weighted by molar-refractivity contribution is 7.91. The second kappa shape index (κ2) is 4.58. The topological polar surface area (TPSA) is 89.2 Å². The van der Waals surface area contributed by atoms with E-state index in [9.17, 15) is 8.42 Å². The van der Waals surface area contributed by atoms with E-state index in [4.69, 9.17) is 5.73 Å². The number of aromatic nitrogens is 2. The molecule has 1 fully saturated rings. The van der Waals surface area contributed by atoms with Crippen molar-refractivity contribution >= 4 is 15.8 Å². The molecule has 1 aromatic rings. The van der Waals surface area contributed by atoms with Gasteiger partial charge in [-0.25, -0.2) is 18.4 Å². The molecule has 94 valence electrons. The molecule has 1 unspecified atom stereocenters. The first-order valence-corrected chi connectivity index (χ1v) is 7.28. The largest absolute Gasteiger partial charge is 0.340 e. The van der Waals surface area contributed by atoms with Crippen molar-refractivity contribution in [2.45, 2.75) is 19.0 Å². The van der Waals surface area contributed by atoms with Crippen molar-refractivity contribution in [1.82, 2.24) is 9.97 Å². The summed E-state index contributed by atoms with van der Waals surface area (Å²) in [6, 6.07) is -0.0243. The Hall–Kier alpha value is -1.21. The Labute approximate surface area is 101 Å². The number of rotatable bonds is 3. The van der Waals surface area contributed by atoms with Gasteiger partial charge < -0.3 is 10.6 Å². The van der Waals surface area contributed by atoms with E-state index in [1.54, 1.807) is 12.4 Å². The van der Waals surface area contributed by atoms with Crippen LogP contribution in [0, 0.1) is 0 Å². The Morgan fingerprint density at radius 3 is 2.59 bits per heavy atom. The molecule has 1 aliphatic rings. The van der Waals surface area contributed by atoms with Crippen molar-refractivity contribution in [3.8, 4) is 0 Å². The molecule has 2 N–H and O–H groups in total. The maximum Gasteiger partial charge on any atom is 0.225 e. The van der Waals surface area contributed by atoms with Gasteiger partial charge in [0.25, 0.3) is 0 Å². The van der Waals surface area contributed by atoms with Crippen LogP contribution in [-0.4, -0.2) is 43.0 Å². The first kappa shape index (κ1) is 12.3. The normalized spacial score (nSPS) is 22.6. The van der Waals surface area contributed by atoms with Gasteiger partial charge in [-0.05, 0) is 6.42 Å². The van der Waals surface area contributed by atoms with Crippen LogP contribution in [0.1, 0.15) is 12.0 Å². The predicted molar refractivity (Wildman–Crippen MR) is 65.4 cm³/mol. The number of nitrogens with zero attached hydrogens (tertiary/aromatic N) is 3. The molecule has 0 spiro atoms. The van der Waals surface area contributed by atoms with E-state index in [2.05, 4.69) is 9.97 Å². The standard InChI is InChI=1S/C10H16N4O2S/c1-14(9-2-3-17(15,16)7-9)10-12-5-8(4-11)6-13-10/h5-6,9H,2-4,7,11H2,1H3. The fourth-order valence-corrected chi connectivity index (χ4v) is 3.65. The zero-order valence-corrected chi connectivity index (χ0v) is 10.5. The summed E-state index contributed by atoms with van der Waals surface area (Å²) in [7, 11) is -1.06. The third-order valence-corrected chi connectivity index (χ3v) is 4.75. The summed E-state index contributed by atoms with van der Waals surface area (Å²) in [5, 5.41) is 0. The molecule has 0 radical (unpaired) electrons. The molecule has 6 nitrogen and oxygen atoms in total. The van der Waals surface area contributed by atoms with Crippen LogP contribution < -0.4 is 10.6 Å². The van der Waals surface area contributed by atoms with Crippen LogP contribution in [0.2, 0.25) is 0 Å². The lowest BCUT2D eigenvalue weighted by Gasteiger charge is -2.23. The smallest absolute Gasteiger partial charge is 0.225 e. The Kier molecular flexibility index (Phi) is 3.30. The van der Waals surface area contributed by atoms with Crippen molar-refractivity contribution < 1.29 is 8.42 Å². The molecule has 0 saturated carbocycles. The van der Waals surface area contributed by atoms with Crippen LogP contribution in [0.25, 0.3) is 0 Å². The molecule has 0 bridgehead atoms. The second-order valence-electron chi connectivity index (χ2n) is 4.26. The molecule has 7 heteroatoms. The molecular weight excluding hydrogens is 240 g/mol. The highest BCUT2D eigenvalue weighted by atomic mass is 32.2. The monoisotopic (exact) mass is 256 g/mol. The first-order valence-electron chi connectivity index (χ1n) is 5.46. The minimum absolute atomic E-state index is 0.0243. The maximum absolute atomic E-state index is 11.4. The lowest BCUT2D eigenvalue weighted by atomic mass is 10.2. The average Bonchev–Trinajstić information content (AvgIpc) is 2.69. The van der Waals surface area contributed by atoms with Crippen molar-refractivity contribution in [2.24, 2.45) is 5.73 Å². The van der Waals surface area contributed by atoms with Crippen molar-refractivity contribution in [2.75, 3.05) is 23.5 Å². The van der Waals surface area contributed by atoms with Crippen LogP contribution in [0.15, 0.2) is 12.4 Å². The second-order valence-corrected chi connectivity index (χ2v) is 6.49. The molecule has 17 heavy (non-hydrogen) atoms. The lowest BCUT2D eigenvalue weighted by molar-refractivity contribution is 0.600. The van der Waals surface area contributed by atoms with Gasteiger partial charge >= 0.3 is 0 Å². The minimum atomic E-state index is -2.88. The average molecular weight is 256 g/mol. The summed E-state index contributed by atoms with van der Waals surface area (Å²) in [5.41, 5.74) is 6.32. The summed E-state index contributed by atoms with van der Waals surface area (Å²) in [5.74, 6) is 0.985. The highest BCUT2D eigenvalue weighted by Gasteiger charge is 2.31. The van der Waals surface area contributed by atoms with E-state index in [-0.39, 0.29) is 17.5 Å². The molecule has 0 amide bonds. The summed E-state index contributed by atoms with van der Waals surface area (Å²) >= 11 is 0. The van der Waals surface area contributed by atoms with Crippen LogP contribution in [0.3, 0.4) is 0 Å². The molecule has 2 rings (SSSR count). The summed E-state index contributed by atoms with van der Waals surface area (Å²) in [4.78, 5) is 10.2. The molecule has 1 saturated heterocycles. The molecule has 1 aromatic heterocycles. The molecule has 0 aliphatic carbocycles. The minimum Gasteiger partial charge on any atom is -0.340 e. The Balaban J connectivity index is 2.11. The van der Waals surface area contributed by atoms with E-state index in [0.29, 0.717) is 18.9 Å².